The van der Waals surface area contributed by atoms with Crippen molar-refractivity contribution in [3.63, 3.8) is 0 Å². The molecule has 0 aliphatic rings. The molecule has 0 aliphatic heterocycles. The molecule has 1 N–H and O–H groups in total. The van der Waals surface area contributed by atoms with E-state index < -0.39 is 12.3 Å². The monoisotopic (exact) mass is 144 g/mol. The van der Waals surface area contributed by atoms with Gasteiger partial charge in [0.25, 0.3) is 0 Å². The van der Waals surface area contributed by atoms with Crippen molar-refractivity contribution in [2.24, 2.45) is 0 Å². The molecular formula is C7H12O3. The Labute approximate surface area is 60.3 Å². The molecule has 0 saturated carbocycles. The van der Waals surface area contributed by atoms with Crippen LogP contribution in [0.15, 0.2) is 12.7 Å². The van der Waals surface area contributed by atoms with E-state index in [4.69, 9.17) is 5.11 Å². The topological polar surface area (TPSA) is 46.5 Å². The van der Waals surface area contributed by atoms with Crippen molar-refractivity contribution < 1.29 is 14.6 Å². The molecule has 0 aromatic heterocycles. The Morgan fingerprint density at radius 2 is 2.50 bits per heavy atom. The molecule has 3 nitrogen and oxygen atoms in total. The highest BCUT2D eigenvalue weighted by Crippen LogP contribution is 1.95. The average Bonchev–Trinajstić information content (AvgIpc) is 1.88. The number of carbonyl (C=O) groups is 1. The second kappa shape index (κ2) is 4.99. The second-order valence-corrected chi connectivity index (χ2v) is 1.85. The molecule has 0 aromatic carbocycles. The van der Waals surface area contributed by atoms with Gasteiger partial charge in [-0.15, -0.1) is 6.58 Å². The molecule has 1 atom stereocenters. The summed E-state index contributed by atoms with van der Waals surface area (Å²) in [6.45, 7) is 5.08. The number of aliphatic hydroxyl groups is 1. The predicted molar refractivity (Wildman–Crippen MR) is 37.2 cm³/mol. The van der Waals surface area contributed by atoms with E-state index in [0.717, 1.165) is 0 Å². The predicted octanol–water partition coefficient (Wildman–Crippen LogP) is 0.834. The van der Waals surface area contributed by atoms with Gasteiger partial charge in [0.05, 0.1) is 6.42 Å². The third kappa shape index (κ3) is 4.09. The molecule has 0 aliphatic carbocycles. The Balaban J connectivity index is 3.46. The van der Waals surface area contributed by atoms with Gasteiger partial charge in [-0.2, -0.15) is 0 Å². The van der Waals surface area contributed by atoms with Crippen LogP contribution in [0.3, 0.4) is 0 Å². The summed E-state index contributed by atoms with van der Waals surface area (Å²) in [5.41, 5.74) is 0. The maximum absolute atomic E-state index is 10.6. The zero-order valence-electron chi connectivity index (χ0n) is 6.04. The van der Waals surface area contributed by atoms with Gasteiger partial charge in [-0.3, -0.25) is 4.79 Å². The first-order valence-electron chi connectivity index (χ1n) is 3.19. The van der Waals surface area contributed by atoms with Crippen molar-refractivity contribution >= 4 is 5.97 Å². The maximum atomic E-state index is 10.6. The lowest BCUT2D eigenvalue weighted by molar-refractivity contribution is -0.166. The molecule has 0 heterocycles. The minimum absolute atomic E-state index is 0.150. The van der Waals surface area contributed by atoms with Crippen molar-refractivity contribution in [1.29, 1.82) is 0 Å². The van der Waals surface area contributed by atoms with E-state index in [-0.39, 0.29) is 6.42 Å². The van der Waals surface area contributed by atoms with Gasteiger partial charge in [0.15, 0.2) is 6.29 Å². The van der Waals surface area contributed by atoms with Gasteiger partial charge in [0.2, 0.25) is 0 Å². The number of rotatable bonds is 4. The molecule has 0 aromatic rings. The van der Waals surface area contributed by atoms with Crippen LogP contribution in [-0.2, 0) is 9.53 Å². The summed E-state index contributed by atoms with van der Waals surface area (Å²) in [6, 6.07) is 0. The van der Waals surface area contributed by atoms with Crippen LogP contribution in [0.1, 0.15) is 19.8 Å². The Bertz CT molecular complexity index is 120. The summed E-state index contributed by atoms with van der Waals surface area (Å²) in [5.74, 6) is -0.440. The minimum Gasteiger partial charge on any atom is -0.436 e. The number of esters is 1. The Kier molecular flexibility index (Phi) is 4.58. The fraction of sp³-hybridized carbons (Fsp3) is 0.571. The molecule has 0 radical (unpaired) electrons. The van der Waals surface area contributed by atoms with Crippen molar-refractivity contribution in [1.82, 2.24) is 0 Å². The largest absolute Gasteiger partial charge is 0.436 e. The molecule has 0 fully saturated rings. The zero-order valence-corrected chi connectivity index (χ0v) is 6.04. The van der Waals surface area contributed by atoms with E-state index in [9.17, 15) is 4.79 Å². The number of aliphatic hydroxyl groups excluding tert-OH is 1. The van der Waals surface area contributed by atoms with Crippen LogP contribution >= 0.6 is 0 Å². The van der Waals surface area contributed by atoms with Gasteiger partial charge in [0.1, 0.15) is 0 Å². The van der Waals surface area contributed by atoms with Crippen LogP contribution in [0.4, 0.5) is 0 Å². The number of hydrogen-bond acceptors (Lipinski definition) is 3. The summed E-state index contributed by atoms with van der Waals surface area (Å²) in [6.07, 6.45) is 1.04. The molecule has 0 bridgehead atoms. The SMILES string of the molecule is C=CCC(=O)OC(O)CC. The molecular weight excluding hydrogens is 132 g/mol. The van der Waals surface area contributed by atoms with Crippen LogP contribution in [0.2, 0.25) is 0 Å². The first-order chi connectivity index (χ1) is 4.70. The van der Waals surface area contributed by atoms with Gasteiger partial charge >= 0.3 is 5.97 Å². The molecule has 10 heavy (non-hydrogen) atoms. The highest BCUT2D eigenvalue weighted by atomic mass is 16.6. The van der Waals surface area contributed by atoms with E-state index in [1.54, 1.807) is 6.92 Å². The highest BCUT2D eigenvalue weighted by Gasteiger charge is 2.05. The molecule has 0 saturated heterocycles. The lowest BCUT2D eigenvalue weighted by Gasteiger charge is -2.07. The lowest BCUT2D eigenvalue weighted by atomic mass is 10.4. The summed E-state index contributed by atoms with van der Waals surface area (Å²) >= 11 is 0. The first-order valence-corrected chi connectivity index (χ1v) is 3.19. The van der Waals surface area contributed by atoms with Gasteiger partial charge in [0, 0.05) is 6.42 Å². The number of ether oxygens (including phenoxy) is 1. The highest BCUT2D eigenvalue weighted by molar-refractivity contribution is 5.71. The summed E-state index contributed by atoms with van der Waals surface area (Å²) in [5, 5.41) is 8.78. The third-order valence-electron chi connectivity index (χ3n) is 0.928. The standard InChI is InChI=1S/C7H12O3/c1-3-5-7(9)10-6(8)4-2/h3,6,8H,1,4-5H2,2H3. The van der Waals surface area contributed by atoms with Crippen LogP contribution < -0.4 is 0 Å². The average molecular weight is 144 g/mol. The van der Waals surface area contributed by atoms with Crippen LogP contribution in [0.25, 0.3) is 0 Å². The second-order valence-electron chi connectivity index (χ2n) is 1.85. The molecule has 0 rings (SSSR count). The lowest BCUT2D eigenvalue weighted by Crippen LogP contribution is -2.15. The smallest absolute Gasteiger partial charge is 0.311 e. The van der Waals surface area contributed by atoms with E-state index in [0.29, 0.717) is 6.42 Å². The third-order valence-corrected chi connectivity index (χ3v) is 0.928. The molecule has 58 valence electrons. The fourth-order valence-corrected chi connectivity index (χ4v) is 0.401. The van der Waals surface area contributed by atoms with E-state index >= 15 is 0 Å². The molecule has 1 unspecified atom stereocenters. The Morgan fingerprint density at radius 1 is 1.90 bits per heavy atom. The van der Waals surface area contributed by atoms with E-state index in [1.807, 2.05) is 0 Å². The minimum atomic E-state index is -0.965. The summed E-state index contributed by atoms with van der Waals surface area (Å²) < 4.78 is 4.49. The van der Waals surface area contributed by atoms with Gasteiger partial charge in [-0.05, 0) is 0 Å². The molecule has 0 spiro atoms. The summed E-state index contributed by atoms with van der Waals surface area (Å²) in [4.78, 5) is 10.6. The Hall–Kier alpha value is -0.830. The normalized spacial score (nSPS) is 12.2. The van der Waals surface area contributed by atoms with Crippen LogP contribution in [0, 0.1) is 0 Å². The van der Waals surface area contributed by atoms with Gasteiger partial charge in [-0.25, -0.2) is 0 Å². The number of hydrogen-bond donors (Lipinski definition) is 1. The van der Waals surface area contributed by atoms with Crippen LogP contribution in [0.5, 0.6) is 0 Å². The van der Waals surface area contributed by atoms with Crippen molar-refractivity contribution in [3.05, 3.63) is 12.7 Å². The van der Waals surface area contributed by atoms with Crippen molar-refractivity contribution in [2.45, 2.75) is 26.1 Å². The van der Waals surface area contributed by atoms with Crippen molar-refractivity contribution in [2.75, 3.05) is 0 Å². The first kappa shape index (κ1) is 9.17. The number of carbonyl (C=O) groups excluding carboxylic acids is 1. The van der Waals surface area contributed by atoms with Gasteiger partial charge in [-0.1, -0.05) is 13.0 Å². The molecule has 3 heteroatoms. The maximum Gasteiger partial charge on any atom is 0.311 e. The molecule has 0 amide bonds. The van der Waals surface area contributed by atoms with E-state index in [1.165, 1.54) is 6.08 Å². The van der Waals surface area contributed by atoms with Gasteiger partial charge < -0.3 is 9.84 Å². The van der Waals surface area contributed by atoms with E-state index in [2.05, 4.69) is 11.3 Å². The fourth-order valence-electron chi connectivity index (χ4n) is 0.401. The Morgan fingerprint density at radius 3 is 2.90 bits per heavy atom. The quantitative estimate of drug-likeness (QED) is 0.361. The summed E-state index contributed by atoms with van der Waals surface area (Å²) in [7, 11) is 0. The van der Waals surface area contributed by atoms with Crippen LogP contribution in [-0.4, -0.2) is 17.4 Å². The zero-order chi connectivity index (χ0) is 7.98. The van der Waals surface area contributed by atoms with Crippen molar-refractivity contribution in [3.8, 4) is 0 Å².